The standard InChI is InChI=1S/C6H5F3N2.CH4N2O/c7-6(8,9)4-1-5(10)3-11-2-4;2-3-1-4/h1-3H,10H2;1H,2H2,(H,3,4). The van der Waals surface area contributed by atoms with Crippen molar-refractivity contribution in [1.82, 2.24) is 10.4 Å². The van der Waals surface area contributed by atoms with E-state index in [1.54, 1.807) is 5.43 Å². The van der Waals surface area contributed by atoms with E-state index in [9.17, 15) is 13.2 Å². The molecule has 5 nitrogen and oxygen atoms in total. The number of anilines is 1. The number of hydrazine groups is 1. The molecule has 5 N–H and O–H groups in total. The van der Waals surface area contributed by atoms with Crippen LogP contribution in [0.15, 0.2) is 18.5 Å². The number of carbonyl (C=O) groups is 1. The van der Waals surface area contributed by atoms with E-state index in [1.165, 1.54) is 0 Å². The summed E-state index contributed by atoms with van der Waals surface area (Å²) < 4.78 is 35.6. The number of alkyl halides is 3. The summed E-state index contributed by atoms with van der Waals surface area (Å²) in [4.78, 5) is 12.2. The van der Waals surface area contributed by atoms with Crippen molar-refractivity contribution < 1.29 is 18.0 Å². The highest BCUT2D eigenvalue weighted by Gasteiger charge is 2.30. The summed E-state index contributed by atoms with van der Waals surface area (Å²) in [5.41, 5.74) is 6.03. The number of nitrogens with one attached hydrogen (secondary N) is 1. The molecule has 0 saturated carbocycles. The van der Waals surface area contributed by atoms with Crippen molar-refractivity contribution in [3.63, 3.8) is 0 Å². The zero-order chi connectivity index (χ0) is 11.9. The average molecular weight is 222 g/mol. The predicted octanol–water partition coefficient (Wildman–Crippen LogP) is 0.289. The van der Waals surface area contributed by atoms with E-state index in [0.29, 0.717) is 6.41 Å². The topological polar surface area (TPSA) is 94.0 Å². The summed E-state index contributed by atoms with van der Waals surface area (Å²) in [6.07, 6.45) is -2.06. The van der Waals surface area contributed by atoms with Gasteiger partial charge >= 0.3 is 6.18 Å². The van der Waals surface area contributed by atoms with Crippen LogP contribution in [0.5, 0.6) is 0 Å². The van der Waals surface area contributed by atoms with Gasteiger partial charge < -0.3 is 5.73 Å². The molecular formula is C7H9F3N4O. The smallest absolute Gasteiger partial charge is 0.397 e. The molecule has 1 rings (SSSR count). The maximum atomic E-state index is 11.9. The Bertz CT molecular complexity index is 315. The van der Waals surface area contributed by atoms with Gasteiger partial charge in [-0.05, 0) is 6.07 Å². The lowest BCUT2D eigenvalue weighted by molar-refractivity contribution is -0.137. The van der Waals surface area contributed by atoms with Crippen LogP contribution in [0, 0.1) is 0 Å². The van der Waals surface area contributed by atoms with Crippen LogP contribution < -0.4 is 17.0 Å². The lowest BCUT2D eigenvalue weighted by atomic mass is 10.2. The van der Waals surface area contributed by atoms with Gasteiger partial charge in [-0.2, -0.15) is 13.2 Å². The normalized spacial score (nSPS) is 9.87. The number of hydrogen-bond donors (Lipinski definition) is 3. The number of halogens is 3. The number of nitrogens with two attached hydrogens (primary N) is 2. The number of amides is 1. The Hall–Kier alpha value is -1.83. The summed E-state index contributed by atoms with van der Waals surface area (Å²) in [7, 11) is 0. The van der Waals surface area contributed by atoms with Crippen molar-refractivity contribution in [2.45, 2.75) is 6.18 Å². The Morgan fingerprint density at radius 1 is 1.40 bits per heavy atom. The Kier molecular flexibility index (Phi) is 5.10. The summed E-state index contributed by atoms with van der Waals surface area (Å²) >= 11 is 0. The zero-order valence-corrected chi connectivity index (χ0v) is 7.45. The van der Waals surface area contributed by atoms with Gasteiger partial charge in [0.2, 0.25) is 6.41 Å². The zero-order valence-electron chi connectivity index (χ0n) is 7.45. The quantitative estimate of drug-likeness (QED) is 0.275. The minimum absolute atomic E-state index is 0.0137. The molecule has 0 spiro atoms. The molecule has 0 aromatic carbocycles. The summed E-state index contributed by atoms with van der Waals surface area (Å²) in [6, 6.07) is 0.840. The van der Waals surface area contributed by atoms with E-state index in [-0.39, 0.29) is 5.69 Å². The van der Waals surface area contributed by atoms with Gasteiger partial charge in [-0.15, -0.1) is 0 Å². The summed E-state index contributed by atoms with van der Waals surface area (Å²) in [6.45, 7) is 0. The summed E-state index contributed by atoms with van der Waals surface area (Å²) in [5, 5.41) is 0. The first-order valence-electron chi connectivity index (χ1n) is 3.59. The molecule has 84 valence electrons. The molecule has 0 aliphatic carbocycles. The van der Waals surface area contributed by atoms with Gasteiger partial charge in [0, 0.05) is 12.4 Å². The van der Waals surface area contributed by atoms with E-state index < -0.39 is 11.7 Å². The highest BCUT2D eigenvalue weighted by molar-refractivity contribution is 5.44. The SMILES string of the molecule is NNC=O.Nc1cncc(C(F)(F)F)c1. The second-order valence-corrected chi connectivity index (χ2v) is 2.29. The van der Waals surface area contributed by atoms with Gasteiger partial charge in [0.05, 0.1) is 11.3 Å². The fourth-order valence-electron chi connectivity index (χ4n) is 0.613. The molecule has 1 amide bonds. The van der Waals surface area contributed by atoms with Crippen LogP contribution in [-0.4, -0.2) is 11.4 Å². The number of carbonyl (C=O) groups excluding carboxylic acids is 1. The van der Waals surface area contributed by atoms with E-state index in [1.807, 2.05) is 0 Å². The Morgan fingerprint density at radius 2 is 1.93 bits per heavy atom. The highest BCUT2D eigenvalue weighted by atomic mass is 19.4. The fourth-order valence-corrected chi connectivity index (χ4v) is 0.613. The second kappa shape index (κ2) is 5.81. The molecule has 1 aromatic rings. The molecule has 0 fully saturated rings. The number of hydrogen-bond acceptors (Lipinski definition) is 4. The van der Waals surface area contributed by atoms with Crippen LogP contribution in [0.2, 0.25) is 0 Å². The molecule has 1 aromatic heterocycles. The van der Waals surface area contributed by atoms with Crippen molar-refractivity contribution in [2.24, 2.45) is 5.84 Å². The van der Waals surface area contributed by atoms with Crippen LogP contribution in [0.4, 0.5) is 18.9 Å². The maximum absolute atomic E-state index is 11.9. The number of aromatic nitrogens is 1. The van der Waals surface area contributed by atoms with Crippen LogP contribution >= 0.6 is 0 Å². The van der Waals surface area contributed by atoms with Crippen LogP contribution in [0.25, 0.3) is 0 Å². The molecular weight excluding hydrogens is 213 g/mol. The summed E-state index contributed by atoms with van der Waals surface area (Å²) in [5.74, 6) is 4.41. The molecule has 0 radical (unpaired) electrons. The third-order valence-electron chi connectivity index (χ3n) is 1.15. The first-order valence-corrected chi connectivity index (χ1v) is 3.59. The van der Waals surface area contributed by atoms with E-state index in [2.05, 4.69) is 10.8 Å². The Morgan fingerprint density at radius 3 is 2.20 bits per heavy atom. The van der Waals surface area contributed by atoms with E-state index >= 15 is 0 Å². The first kappa shape index (κ1) is 13.2. The van der Waals surface area contributed by atoms with Gasteiger partial charge in [0.25, 0.3) is 0 Å². The number of pyridine rings is 1. The number of nitrogens with zero attached hydrogens (tertiary/aromatic N) is 1. The third-order valence-corrected chi connectivity index (χ3v) is 1.15. The monoisotopic (exact) mass is 222 g/mol. The van der Waals surface area contributed by atoms with Gasteiger partial charge in [-0.1, -0.05) is 0 Å². The molecule has 0 aliphatic heterocycles. The Balaban J connectivity index is 0.000000423. The van der Waals surface area contributed by atoms with Gasteiger partial charge in [0.15, 0.2) is 0 Å². The lowest BCUT2D eigenvalue weighted by Gasteiger charge is -2.04. The van der Waals surface area contributed by atoms with Crippen molar-refractivity contribution in [3.05, 3.63) is 24.0 Å². The highest BCUT2D eigenvalue weighted by Crippen LogP contribution is 2.29. The van der Waals surface area contributed by atoms with E-state index in [0.717, 1.165) is 18.5 Å². The van der Waals surface area contributed by atoms with Crippen molar-refractivity contribution in [1.29, 1.82) is 0 Å². The van der Waals surface area contributed by atoms with Gasteiger partial charge in [-0.3, -0.25) is 15.2 Å². The largest absolute Gasteiger partial charge is 0.417 e. The molecule has 0 bridgehead atoms. The molecule has 0 unspecified atom stereocenters. The average Bonchev–Trinajstić information content (AvgIpc) is 2.17. The van der Waals surface area contributed by atoms with Gasteiger partial charge in [-0.25, -0.2) is 5.84 Å². The molecule has 8 heteroatoms. The first-order chi connectivity index (χ1) is 6.91. The minimum Gasteiger partial charge on any atom is -0.397 e. The third kappa shape index (κ3) is 5.47. The molecule has 15 heavy (non-hydrogen) atoms. The number of rotatable bonds is 1. The molecule has 0 aliphatic rings. The van der Waals surface area contributed by atoms with Crippen LogP contribution in [0.3, 0.4) is 0 Å². The van der Waals surface area contributed by atoms with Crippen molar-refractivity contribution >= 4 is 12.1 Å². The Labute approximate surface area is 83.2 Å². The van der Waals surface area contributed by atoms with Gasteiger partial charge in [0.1, 0.15) is 0 Å². The second-order valence-electron chi connectivity index (χ2n) is 2.29. The van der Waals surface area contributed by atoms with Crippen molar-refractivity contribution in [2.75, 3.05) is 5.73 Å². The van der Waals surface area contributed by atoms with Crippen LogP contribution in [-0.2, 0) is 11.0 Å². The number of nitrogen functional groups attached to an aromatic ring is 1. The molecule has 0 atom stereocenters. The predicted molar refractivity (Wildman–Crippen MR) is 47.0 cm³/mol. The van der Waals surface area contributed by atoms with Crippen molar-refractivity contribution in [3.8, 4) is 0 Å². The lowest BCUT2D eigenvalue weighted by Crippen LogP contribution is -2.18. The molecule has 1 heterocycles. The minimum atomic E-state index is -4.36. The van der Waals surface area contributed by atoms with Crippen LogP contribution in [0.1, 0.15) is 5.56 Å². The maximum Gasteiger partial charge on any atom is 0.417 e. The molecule has 0 saturated heterocycles. The van der Waals surface area contributed by atoms with E-state index in [4.69, 9.17) is 10.5 Å². The fraction of sp³-hybridized carbons (Fsp3) is 0.143.